The number of nitrogens with zero attached hydrogens (tertiary/aromatic N) is 3. The van der Waals surface area contributed by atoms with E-state index in [0.29, 0.717) is 24.2 Å². The van der Waals surface area contributed by atoms with Gasteiger partial charge >= 0.3 is 0 Å². The van der Waals surface area contributed by atoms with Crippen LogP contribution in [0.15, 0.2) is 6.20 Å². The van der Waals surface area contributed by atoms with Gasteiger partial charge in [-0.15, -0.1) is 0 Å². The number of carbonyl (C=O) groups excluding carboxylic acids is 1. The SMILES string of the molecule is C[C@@H]1CC(=O)c2cnc(N3C[C@H](C)C[C@H](C)C3)nc2C1. The van der Waals surface area contributed by atoms with Gasteiger partial charge in [0, 0.05) is 25.7 Å². The number of hydrogen-bond acceptors (Lipinski definition) is 4. The quantitative estimate of drug-likeness (QED) is 0.789. The van der Waals surface area contributed by atoms with Crippen molar-refractivity contribution in [2.24, 2.45) is 17.8 Å². The zero-order valence-electron chi connectivity index (χ0n) is 12.6. The molecule has 1 aliphatic carbocycles. The minimum atomic E-state index is 0.200. The Labute approximate surface area is 120 Å². The molecule has 0 amide bonds. The molecule has 0 unspecified atom stereocenters. The second kappa shape index (κ2) is 5.15. The molecule has 0 spiro atoms. The maximum absolute atomic E-state index is 12.0. The van der Waals surface area contributed by atoms with Crippen molar-refractivity contribution in [3.8, 4) is 0 Å². The van der Waals surface area contributed by atoms with Crippen LogP contribution in [0.1, 0.15) is 49.7 Å². The maximum Gasteiger partial charge on any atom is 0.225 e. The summed E-state index contributed by atoms with van der Waals surface area (Å²) in [5.74, 6) is 2.77. The van der Waals surface area contributed by atoms with Crippen molar-refractivity contribution in [2.45, 2.75) is 40.0 Å². The third kappa shape index (κ3) is 2.56. The Hall–Kier alpha value is -1.45. The van der Waals surface area contributed by atoms with Gasteiger partial charge in [0.25, 0.3) is 0 Å². The summed E-state index contributed by atoms with van der Waals surface area (Å²) in [6.07, 6.45) is 4.55. The minimum Gasteiger partial charge on any atom is -0.340 e. The highest BCUT2D eigenvalue weighted by Crippen LogP contribution is 2.27. The number of ketones is 1. The first-order chi connectivity index (χ1) is 9.52. The van der Waals surface area contributed by atoms with E-state index < -0.39 is 0 Å². The molecular weight excluding hydrogens is 250 g/mol. The van der Waals surface area contributed by atoms with Crippen LogP contribution in [0, 0.1) is 17.8 Å². The van der Waals surface area contributed by atoms with Crippen LogP contribution >= 0.6 is 0 Å². The van der Waals surface area contributed by atoms with Crippen LogP contribution in [0.5, 0.6) is 0 Å². The molecule has 1 fully saturated rings. The summed E-state index contributed by atoms with van der Waals surface area (Å²) in [6, 6.07) is 0. The van der Waals surface area contributed by atoms with Gasteiger partial charge in [0.2, 0.25) is 5.95 Å². The standard InChI is InChI=1S/C16H23N3O/c1-10-5-14-13(15(20)6-10)7-17-16(18-14)19-8-11(2)4-12(3)9-19/h7,10-12H,4-6,8-9H2,1-3H3/t10-,11-,12+/m0/s1. The third-order valence-corrected chi connectivity index (χ3v) is 4.38. The Morgan fingerprint density at radius 3 is 2.50 bits per heavy atom. The van der Waals surface area contributed by atoms with E-state index in [-0.39, 0.29) is 5.78 Å². The van der Waals surface area contributed by atoms with Crippen LogP contribution in [-0.4, -0.2) is 28.8 Å². The number of hydrogen-bond donors (Lipinski definition) is 0. The summed E-state index contributed by atoms with van der Waals surface area (Å²) in [5, 5.41) is 0. The van der Waals surface area contributed by atoms with E-state index in [0.717, 1.165) is 36.7 Å². The summed E-state index contributed by atoms with van der Waals surface area (Å²) in [6.45, 7) is 8.73. The molecule has 0 bridgehead atoms. The monoisotopic (exact) mass is 273 g/mol. The number of carbonyl (C=O) groups is 1. The molecule has 0 aromatic carbocycles. The average molecular weight is 273 g/mol. The minimum absolute atomic E-state index is 0.200. The van der Waals surface area contributed by atoms with Crippen LogP contribution in [0.25, 0.3) is 0 Å². The fourth-order valence-electron chi connectivity index (χ4n) is 3.60. The largest absolute Gasteiger partial charge is 0.340 e. The zero-order valence-corrected chi connectivity index (χ0v) is 12.6. The Morgan fingerprint density at radius 2 is 1.80 bits per heavy atom. The van der Waals surface area contributed by atoms with E-state index in [2.05, 4.69) is 30.7 Å². The van der Waals surface area contributed by atoms with Crippen molar-refractivity contribution in [1.29, 1.82) is 0 Å². The Kier molecular flexibility index (Phi) is 3.48. The van der Waals surface area contributed by atoms with Gasteiger partial charge in [-0.2, -0.15) is 0 Å². The number of aromatic nitrogens is 2. The zero-order chi connectivity index (χ0) is 14.3. The number of fused-ring (bicyclic) bond motifs is 1. The lowest BCUT2D eigenvalue weighted by Crippen LogP contribution is -2.40. The van der Waals surface area contributed by atoms with Crippen LogP contribution in [-0.2, 0) is 6.42 Å². The molecule has 0 N–H and O–H groups in total. The number of anilines is 1. The number of Topliss-reactive ketones (excluding diaryl/α,β-unsaturated/α-hetero) is 1. The maximum atomic E-state index is 12.0. The van der Waals surface area contributed by atoms with Crippen molar-refractivity contribution in [1.82, 2.24) is 9.97 Å². The first-order valence-corrected chi connectivity index (χ1v) is 7.67. The molecule has 20 heavy (non-hydrogen) atoms. The summed E-state index contributed by atoms with van der Waals surface area (Å²) in [4.78, 5) is 23.4. The fraction of sp³-hybridized carbons (Fsp3) is 0.688. The molecule has 2 heterocycles. The second-order valence-electron chi connectivity index (χ2n) is 6.82. The topological polar surface area (TPSA) is 46.1 Å². The summed E-state index contributed by atoms with van der Waals surface area (Å²) >= 11 is 0. The molecule has 1 aromatic heterocycles. The van der Waals surface area contributed by atoms with Gasteiger partial charge in [-0.05, 0) is 30.6 Å². The normalized spacial score (nSPS) is 30.2. The lowest BCUT2D eigenvalue weighted by Gasteiger charge is -2.35. The summed E-state index contributed by atoms with van der Waals surface area (Å²) in [5.41, 5.74) is 1.69. The van der Waals surface area contributed by atoms with Crippen molar-refractivity contribution in [3.63, 3.8) is 0 Å². The molecule has 1 aromatic rings. The summed E-state index contributed by atoms with van der Waals surface area (Å²) in [7, 11) is 0. The van der Waals surface area contributed by atoms with E-state index in [9.17, 15) is 4.79 Å². The molecule has 4 heteroatoms. The number of rotatable bonds is 1. The van der Waals surface area contributed by atoms with Crippen LogP contribution in [0.2, 0.25) is 0 Å². The summed E-state index contributed by atoms with van der Waals surface area (Å²) < 4.78 is 0. The van der Waals surface area contributed by atoms with Gasteiger partial charge in [-0.3, -0.25) is 4.79 Å². The lowest BCUT2D eigenvalue weighted by molar-refractivity contribution is 0.0951. The van der Waals surface area contributed by atoms with Gasteiger partial charge in [0.15, 0.2) is 5.78 Å². The first kappa shape index (κ1) is 13.5. The average Bonchev–Trinajstić information content (AvgIpc) is 2.36. The Morgan fingerprint density at radius 1 is 1.10 bits per heavy atom. The van der Waals surface area contributed by atoms with Crippen LogP contribution in [0.4, 0.5) is 5.95 Å². The fourth-order valence-corrected chi connectivity index (χ4v) is 3.60. The molecule has 3 atom stereocenters. The van der Waals surface area contributed by atoms with Crippen molar-refractivity contribution in [3.05, 3.63) is 17.5 Å². The van der Waals surface area contributed by atoms with Crippen molar-refractivity contribution < 1.29 is 4.79 Å². The third-order valence-electron chi connectivity index (χ3n) is 4.38. The smallest absolute Gasteiger partial charge is 0.225 e. The molecule has 108 valence electrons. The number of piperidine rings is 1. The molecule has 2 aliphatic rings. The molecule has 0 saturated carbocycles. The lowest BCUT2D eigenvalue weighted by atomic mass is 9.88. The van der Waals surface area contributed by atoms with Gasteiger partial charge in [-0.1, -0.05) is 20.8 Å². The van der Waals surface area contributed by atoms with E-state index in [1.54, 1.807) is 6.20 Å². The highest BCUT2D eigenvalue weighted by molar-refractivity contribution is 5.98. The van der Waals surface area contributed by atoms with Gasteiger partial charge in [0.05, 0.1) is 11.3 Å². The Balaban J connectivity index is 1.88. The van der Waals surface area contributed by atoms with E-state index in [4.69, 9.17) is 4.98 Å². The molecule has 3 rings (SSSR count). The second-order valence-corrected chi connectivity index (χ2v) is 6.82. The molecule has 0 radical (unpaired) electrons. The molecule has 1 aliphatic heterocycles. The van der Waals surface area contributed by atoms with Crippen molar-refractivity contribution >= 4 is 11.7 Å². The predicted octanol–water partition coefficient (Wildman–Crippen LogP) is 2.72. The first-order valence-electron chi connectivity index (χ1n) is 7.67. The van der Waals surface area contributed by atoms with Gasteiger partial charge < -0.3 is 4.90 Å². The predicted molar refractivity (Wildman–Crippen MR) is 79.0 cm³/mol. The van der Waals surface area contributed by atoms with Crippen LogP contribution in [0.3, 0.4) is 0 Å². The van der Waals surface area contributed by atoms with E-state index in [1.807, 2.05) is 0 Å². The van der Waals surface area contributed by atoms with Crippen LogP contribution < -0.4 is 4.90 Å². The van der Waals surface area contributed by atoms with Gasteiger partial charge in [-0.25, -0.2) is 9.97 Å². The van der Waals surface area contributed by atoms with E-state index >= 15 is 0 Å². The van der Waals surface area contributed by atoms with Crippen molar-refractivity contribution in [2.75, 3.05) is 18.0 Å². The Bertz CT molecular complexity index is 518. The highest BCUT2D eigenvalue weighted by Gasteiger charge is 2.27. The van der Waals surface area contributed by atoms with Gasteiger partial charge in [0.1, 0.15) is 0 Å². The van der Waals surface area contributed by atoms with E-state index in [1.165, 1.54) is 6.42 Å². The molecule has 4 nitrogen and oxygen atoms in total. The molecule has 1 saturated heterocycles. The highest BCUT2D eigenvalue weighted by atomic mass is 16.1. The molecular formula is C16H23N3O.